The number of amides is 1. The van der Waals surface area contributed by atoms with Crippen LogP contribution in [-0.4, -0.2) is 69.8 Å². The lowest BCUT2D eigenvalue weighted by molar-refractivity contribution is -0.136. The van der Waals surface area contributed by atoms with Gasteiger partial charge in [-0.25, -0.2) is 14.6 Å². The molecular formula is C25H29N7O2. The summed E-state index contributed by atoms with van der Waals surface area (Å²) >= 11 is 0. The summed E-state index contributed by atoms with van der Waals surface area (Å²) in [6.45, 7) is 4.69. The van der Waals surface area contributed by atoms with Crippen molar-refractivity contribution < 1.29 is 4.79 Å². The molecule has 0 bridgehead atoms. The second-order valence-corrected chi connectivity index (χ2v) is 8.84. The third-order valence-electron chi connectivity index (χ3n) is 6.59. The van der Waals surface area contributed by atoms with Gasteiger partial charge >= 0.3 is 0 Å². The topological polar surface area (TPSA) is 87.5 Å². The largest absolute Gasteiger partial charge is 0.369 e. The molecule has 1 aromatic carbocycles. The van der Waals surface area contributed by atoms with Gasteiger partial charge in [-0.05, 0) is 24.5 Å². The van der Waals surface area contributed by atoms with Crippen LogP contribution in [0.1, 0.15) is 18.4 Å². The number of benzene rings is 1. The van der Waals surface area contributed by atoms with Gasteiger partial charge in [0.25, 0.3) is 5.56 Å². The van der Waals surface area contributed by atoms with Gasteiger partial charge in [0.15, 0.2) is 0 Å². The van der Waals surface area contributed by atoms with Crippen molar-refractivity contribution in [3.05, 3.63) is 77.0 Å². The van der Waals surface area contributed by atoms with E-state index in [0.29, 0.717) is 32.1 Å². The Morgan fingerprint density at radius 2 is 1.71 bits per heavy atom. The molecule has 0 aliphatic carbocycles. The molecule has 0 radical (unpaired) electrons. The molecule has 2 saturated heterocycles. The summed E-state index contributed by atoms with van der Waals surface area (Å²) in [5, 5.41) is 4.40. The van der Waals surface area contributed by atoms with Gasteiger partial charge < -0.3 is 14.7 Å². The van der Waals surface area contributed by atoms with Crippen LogP contribution in [0.25, 0.3) is 0 Å². The van der Waals surface area contributed by atoms with Crippen molar-refractivity contribution in [2.45, 2.75) is 19.4 Å². The van der Waals surface area contributed by atoms with Crippen molar-refractivity contribution in [2.24, 2.45) is 5.92 Å². The van der Waals surface area contributed by atoms with E-state index in [1.165, 1.54) is 4.68 Å². The highest BCUT2D eigenvalue weighted by Gasteiger charge is 2.31. The fourth-order valence-electron chi connectivity index (χ4n) is 4.72. The van der Waals surface area contributed by atoms with Crippen LogP contribution in [-0.2, 0) is 11.3 Å². The number of anilines is 2. The summed E-state index contributed by atoms with van der Waals surface area (Å²) in [4.78, 5) is 40.8. The summed E-state index contributed by atoms with van der Waals surface area (Å²) in [6, 6.07) is 13.3. The first kappa shape index (κ1) is 22.1. The predicted molar refractivity (Wildman–Crippen MR) is 130 cm³/mol. The van der Waals surface area contributed by atoms with Gasteiger partial charge in [0.05, 0.1) is 24.3 Å². The summed E-state index contributed by atoms with van der Waals surface area (Å²) in [5.74, 6) is 0.844. The molecule has 2 aromatic heterocycles. The van der Waals surface area contributed by atoms with Crippen LogP contribution in [0.4, 0.5) is 11.6 Å². The first-order valence-electron chi connectivity index (χ1n) is 11.8. The molecule has 1 unspecified atom stereocenters. The van der Waals surface area contributed by atoms with E-state index in [0.717, 1.165) is 43.7 Å². The second-order valence-electron chi connectivity index (χ2n) is 8.84. The van der Waals surface area contributed by atoms with Crippen LogP contribution >= 0.6 is 0 Å². The standard InChI is InChI=1S/C25H29N7O2/c33-23-16-22(17-28-32(23)18-20-6-2-1-3-7-20)31-11-4-8-21(19-31)24(34)29-12-14-30(15-13-29)25-26-9-5-10-27-25/h1-3,5-7,9-10,16-17,21H,4,8,11-15,18-19H2. The SMILES string of the molecule is O=C(C1CCCN(c2cnn(Cc3ccccc3)c(=O)c2)C1)N1CCN(c2ncccn2)CC1. The molecular weight excluding hydrogens is 430 g/mol. The monoisotopic (exact) mass is 459 g/mol. The lowest BCUT2D eigenvalue weighted by Crippen LogP contribution is -2.53. The number of piperidine rings is 1. The normalized spacial score (nSPS) is 18.7. The van der Waals surface area contributed by atoms with E-state index in [-0.39, 0.29) is 17.4 Å². The van der Waals surface area contributed by atoms with E-state index in [1.807, 2.05) is 35.2 Å². The number of carbonyl (C=O) groups excluding carboxylic acids is 1. The quantitative estimate of drug-likeness (QED) is 0.573. The second kappa shape index (κ2) is 10.0. The number of nitrogens with zero attached hydrogens (tertiary/aromatic N) is 7. The summed E-state index contributed by atoms with van der Waals surface area (Å²) in [6.07, 6.45) is 7.02. The Kier molecular flexibility index (Phi) is 6.51. The summed E-state index contributed by atoms with van der Waals surface area (Å²) < 4.78 is 1.47. The van der Waals surface area contributed by atoms with Crippen molar-refractivity contribution in [1.82, 2.24) is 24.6 Å². The Bertz CT molecular complexity index is 1160. The van der Waals surface area contributed by atoms with Crippen molar-refractivity contribution >= 4 is 17.5 Å². The maximum Gasteiger partial charge on any atom is 0.269 e. The molecule has 34 heavy (non-hydrogen) atoms. The van der Waals surface area contributed by atoms with E-state index in [4.69, 9.17) is 0 Å². The molecule has 2 aliphatic rings. The Morgan fingerprint density at radius 1 is 0.941 bits per heavy atom. The third-order valence-corrected chi connectivity index (χ3v) is 6.59. The smallest absolute Gasteiger partial charge is 0.269 e. The summed E-state index contributed by atoms with van der Waals surface area (Å²) in [7, 11) is 0. The van der Waals surface area contributed by atoms with Crippen molar-refractivity contribution in [1.29, 1.82) is 0 Å². The molecule has 0 N–H and O–H groups in total. The fourth-order valence-corrected chi connectivity index (χ4v) is 4.72. The maximum atomic E-state index is 13.3. The zero-order chi connectivity index (χ0) is 23.3. The van der Waals surface area contributed by atoms with Crippen LogP contribution in [0.15, 0.2) is 65.8 Å². The van der Waals surface area contributed by atoms with E-state index >= 15 is 0 Å². The zero-order valence-electron chi connectivity index (χ0n) is 19.2. The van der Waals surface area contributed by atoms with Crippen molar-refractivity contribution in [2.75, 3.05) is 49.1 Å². The number of aromatic nitrogens is 4. The molecule has 0 saturated carbocycles. The number of hydrogen-bond acceptors (Lipinski definition) is 7. The predicted octanol–water partition coefficient (Wildman–Crippen LogP) is 1.65. The average molecular weight is 460 g/mol. The highest BCUT2D eigenvalue weighted by molar-refractivity contribution is 5.80. The molecule has 2 aliphatic heterocycles. The number of rotatable bonds is 5. The maximum absolute atomic E-state index is 13.3. The Hall–Kier alpha value is -3.75. The molecule has 176 valence electrons. The van der Waals surface area contributed by atoms with Gasteiger partial charge in [0.1, 0.15) is 0 Å². The minimum absolute atomic E-state index is 0.0694. The van der Waals surface area contributed by atoms with Gasteiger partial charge in [0.2, 0.25) is 11.9 Å². The third kappa shape index (κ3) is 4.93. The molecule has 1 atom stereocenters. The number of carbonyl (C=O) groups is 1. The molecule has 4 heterocycles. The molecule has 1 amide bonds. The number of hydrogen-bond donors (Lipinski definition) is 0. The molecule has 9 heteroatoms. The summed E-state index contributed by atoms with van der Waals surface area (Å²) in [5.41, 5.74) is 1.69. The number of piperazine rings is 1. The van der Waals surface area contributed by atoms with Gasteiger partial charge in [-0.3, -0.25) is 9.59 Å². The van der Waals surface area contributed by atoms with E-state index in [1.54, 1.807) is 30.7 Å². The molecule has 5 rings (SSSR count). The van der Waals surface area contributed by atoms with Gasteiger partial charge in [0, 0.05) is 57.7 Å². The average Bonchev–Trinajstić information content (AvgIpc) is 2.91. The molecule has 0 spiro atoms. The van der Waals surface area contributed by atoms with Crippen molar-refractivity contribution in [3.63, 3.8) is 0 Å². The van der Waals surface area contributed by atoms with Crippen LogP contribution < -0.4 is 15.4 Å². The van der Waals surface area contributed by atoms with Crippen LogP contribution in [0.5, 0.6) is 0 Å². The first-order chi connectivity index (χ1) is 16.7. The fraction of sp³-hybridized carbons (Fsp3) is 0.400. The Morgan fingerprint density at radius 3 is 2.44 bits per heavy atom. The zero-order valence-corrected chi connectivity index (χ0v) is 19.2. The van der Waals surface area contributed by atoms with Gasteiger partial charge in [-0.1, -0.05) is 30.3 Å². The van der Waals surface area contributed by atoms with Gasteiger partial charge in [-0.15, -0.1) is 0 Å². The first-order valence-corrected chi connectivity index (χ1v) is 11.8. The highest BCUT2D eigenvalue weighted by atomic mass is 16.2. The lowest BCUT2D eigenvalue weighted by atomic mass is 9.96. The minimum atomic E-state index is -0.131. The molecule has 9 nitrogen and oxygen atoms in total. The van der Waals surface area contributed by atoms with Crippen LogP contribution in [0, 0.1) is 5.92 Å². The lowest BCUT2D eigenvalue weighted by Gasteiger charge is -2.39. The van der Waals surface area contributed by atoms with E-state index in [2.05, 4.69) is 24.9 Å². The van der Waals surface area contributed by atoms with Gasteiger partial charge in [-0.2, -0.15) is 5.10 Å². The van der Waals surface area contributed by atoms with E-state index in [9.17, 15) is 9.59 Å². The Labute approximate surface area is 198 Å². The van der Waals surface area contributed by atoms with E-state index < -0.39 is 0 Å². The molecule has 3 aromatic rings. The van der Waals surface area contributed by atoms with Crippen LogP contribution in [0.2, 0.25) is 0 Å². The van der Waals surface area contributed by atoms with Crippen LogP contribution in [0.3, 0.4) is 0 Å². The minimum Gasteiger partial charge on any atom is -0.369 e. The highest BCUT2D eigenvalue weighted by Crippen LogP contribution is 2.24. The van der Waals surface area contributed by atoms with Crippen molar-refractivity contribution in [3.8, 4) is 0 Å². The molecule has 2 fully saturated rings. The Balaban J connectivity index is 1.20.